The fourth-order valence-electron chi connectivity index (χ4n) is 0.914. The van der Waals surface area contributed by atoms with Crippen molar-refractivity contribution in [1.29, 1.82) is 0 Å². The Hall–Kier alpha value is -1.10. The quantitative estimate of drug-likeness (QED) is 0.716. The second-order valence-corrected chi connectivity index (χ2v) is 2.50. The van der Waals surface area contributed by atoms with E-state index in [2.05, 4.69) is 0 Å². The van der Waals surface area contributed by atoms with E-state index in [9.17, 15) is 17.6 Å². The minimum atomic E-state index is -2.91. The molecule has 1 aromatic carbocycles. The molecule has 0 bridgehead atoms. The molecule has 0 aliphatic carbocycles. The Morgan fingerprint density at radius 3 is 2.31 bits per heavy atom. The number of benzene rings is 1. The van der Waals surface area contributed by atoms with Gasteiger partial charge in [-0.3, -0.25) is 0 Å². The van der Waals surface area contributed by atoms with Gasteiger partial charge in [0.2, 0.25) is 0 Å². The summed E-state index contributed by atoms with van der Waals surface area (Å²) >= 11 is 0. The first-order valence-corrected chi connectivity index (χ1v) is 3.51. The predicted molar refractivity (Wildman–Crippen MR) is 39.3 cm³/mol. The summed E-state index contributed by atoms with van der Waals surface area (Å²) in [6.45, 7) is 0. The molecule has 0 amide bonds. The Morgan fingerprint density at radius 1 is 1.15 bits per heavy atom. The molecule has 2 N–H and O–H groups in total. The summed E-state index contributed by atoms with van der Waals surface area (Å²) in [4.78, 5) is 0. The van der Waals surface area contributed by atoms with Crippen LogP contribution in [0.15, 0.2) is 18.2 Å². The molecule has 0 fully saturated rings. The number of alkyl halides is 2. The van der Waals surface area contributed by atoms with Crippen LogP contribution in [0.3, 0.4) is 0 Å². The maximum atomic E-state index is 12.8. The van der Waals surface area contributed by atoms with Gasteiger partial charge in [0.05, 0.1) is 6.04 Å². The smallest absolute Gasteiger partial charge is 0.257 e. The highest BCUT2D eigenvalue weighted by Gasteiger charge is 2.22. The molecule has 0 aliphatic heterocycles. The molecule has 1 aromatic rings. The van der Waals surface area contributed by atoms with Crippen molar-refractivity contribution in [2.75, 3.05) is 0 Å². The van der Waals surface area contributed by atoms with Gasteiger partial charge in [-0.15, -0.1) is 0 Å². The molecular formula is C8H7F4N. The van der Waals surface area contributed by atoms with Crippen molar-refractivity contribution in [1.82, 2.24) is 0 Å². The number of rotatable bonds is 2. The van der Waals surface area contributed by atoms with E-state index in [1.54, 1.807) is 0 Å². The first-order valence-electron chi connectivity index (χ1n) is 3.51. The van der Waals surface area contributed by atoms with Crippen molar-refractivity contribution in [2.24, 2.45) is 5.73 Å². The van der Waals surface area contributed by atoms with E-state index < -0.39 is 29.7 Å². The summed E-state index contributed by atoms with van der Waals surface area (Å²) in [7, 11) is 0. The van der Waals surface area contributed by atoms with E-state index >= 15 is 0 Å². The van der Waals surface area contributed by atoms with Crippen molar-refractivity contribution < 1.29 is 17.6 Å². The minimum Gasteiger partial charge on any atom is -0.319 e. The van der Waals surface area contributed by atoms with Crippen LogP contribution < -0.4 is 5.73 Å². The van der Waals surface area contributed by atoms with Gasteiger partial charge in [0, 0.05) is 5.56 Å². The fourth-order valence-corrected chi connectivity index (χ4v) is 0.914. The molecule has 0 saturated carbocycles. The predicted octanol–water partition coefficient (Wildman–Crippen LogP) is 2.23. The van der Waals surface area contributed by atoms with Gasteiger partial charge in [-0.25, -0.2) is 17.6 Å². The highest BCUT2D eigenvalue weighted by atomic mass is 19.3. The Balaban J connectivity index is 3.07. The number of hydrogen-bond donors (Lipinski definition) is 1. The number of halogens is 4. The molecule has 5 heteroatoms. The third-order valence-corrected chi connectivity index (χ3v) is 1.61. The Morgan fingerprint density at radius 2 is 1.77 bits per heavy atom. The molecule has 0 heterocycles. The zero-order chi connectivity index (χ0) is 10.0. The van der Waals surface area contributed by atoms with E-state index in [-0.39, 0.29) is 0 Å². The molecule has 1 rings (SSSR count). The Labute approximate surface area is 72.2 Å². The summed E-state index contributed by atoms with van der Waals surface area (Å²) < 4.78 is 49.4. The minimum absolute atomic E-state index is 0.505. The first kappa shape index (κ1) is 9.98. The monoisotopic (exact) mass is 193 g/mol. The molecule has 1 nitrogen and oxygen atoms in total. The fraction of sp³-hybridized carbons (Fsp3) is 0.250. The van der Waals surface area contributed by atoms with Crippen molar-refractivity contribution in [2.45, 2.75) is 12.5 Å². The molecular weight excluding hydrogens is 186 g/mol. The van der Waals surface area contributed by atoms with Crippen molar-refractivity contribution in [3.63, 3.8) is 0 Å². The van der Waals surface area contributed by atoms with Crippen molar-refractivity contribution in [3.8, 4) is 0 Å². The van der Waals surface area contributed by atoms with Crippen LogP contribution in [-0.2, 0) is 0 Å². The Kier molecular flexibility index (Phi) is 2.87. The van der Waals surface area contributed by atoms with Gasteiger partial charge in [0.1, 0.15) is 0 Å². The van der Waals surface area contributed by atoms with Crippen LogP contribution in [0, 0.1) is 11.6 Å². The standard InChI is InChI=1S/C8H7F4N/c9-5-3-1-2-4(6(5)10)7(13)8(11)12/h1-3,7-8H,13H2/t7-/m1/s1. The van der Waals surface area contributed by atoms with Crippen LogP contribution in [-0.4, -0.2) is 6.43 Å². The Bertz CT molecular complexity index is 300. The van der Waals surface area contributed by atoms with E-state index in [1.807, 2.05) is 0 Å². The van der Waals surface area contributed by atoms with Gasteiger partial charge in [0.25, 0.3) is 6.43 Å². The van der Waals surface area contributed by atoms with Crippen LogP contribution in [0.4, 0.5) is 17.6 Å². The van der Waals surface area contributed by atoms with E-state index in [0.29, 0.717) is 0 Å². The molecule has 0 saturated heterocycles. The van der Waals surface area contributed by atoms with Gasteiger partial charge in [-0.05, 0) is 6.07 Å². The lowest BCUT2D eigenvalue weighted by Gasteiger charge is -2.11. The largest absolute Gasteiger partial charge is 0.319 e. The zero-order valence-electron chi connectivity index (χ0n) is 6.48. The maximum Gasteiger partial charge on any atom is 0.257 e. The highest BCUT2D eigenvalue weighted by Crippen LogP contribution is 2.22. The summed E-state index contributed by atoms with van der Waals surface area (Å²) in [6.07, 6.45) is -2.91. The van der Waals surface area contributed by atoms with E-state index in [0.717, 1.165) is 18.2 Å². The third kappa shape index (κ3) is 1.98. The third-order valence-electron chi connectivity index (χ3n) is 1.61. The van der Waals surface area contributed by atoms with Crippen LogP contribution in [0.25, 0.3) is 0 Å². The topological polar surface area (TPSA) is 26.0 Å². The summed E-state index contributed by atoms with van der Waals surface area (Å²) in [5.74, 6) is -2.48. The van der Waals surface area contributed by atoms with Gasteiger partial charge in [-0.1, -0.05) is 12.1 Å². The van der Waals surface area contributed by atoms with Crippen LogP contribution in [0.5, 0.6) is 0 Å². The van der Waals surface area contributed by atoms with Crippen LogP contribution in [0.1, 0.15) is 11.6 Å². The normalized spacial score (nSPS) is 13.4. The van der Waals surface area contributed by atoms with E-state index in [4.69, 9.17) is 5.73 Å². The zero-order valence-corrected chi connectivity index (χ0v) is 6.48. The average Bonchev–Trinajstić information content (AvgIpc) is 2.08. The van der Waals surface area contributed by atoms with Gasteiger partial charge in [0.15, 0.2) is 11.6 Å². The lowest BCUT2D eigenvalue weighted by Crippen LogP contribution is -2.20. The van der Waals surface area contributed by atoms with Crippen LogP contribution in [0.2, 0.25) is 0 Å². The number of hydrogen-bond acceptors (Lipinski definition) is 1. The molecule has 0 aromatic heterocycles. The molecule has 0 spiro atoms. The maximum absolute atomic E-state index is 12.8. The van der Waals surface area contributed by atoms with Crippen LogP contribution >= 0.6 is 0 Å². The second-order valence-electron chi connectivity index (χ2n) is 2.50. The van der Waals surface area contributed by atoms with Gasteiger partial charge in [-0.2, -0.15) is 0 Å². The van der Waals surface area contributed by atoms with Gasteiger partial charge >= 0.3 is 0 Å². The lowest BCUT2D eigenvalue weighted by atomic mass is 10.1. The summed E-state index contributed by atoms with van der Waals surface area (Å²) in [5.41, 5.74) is 4.45. The molecule has 0 radical (unpaired) electrons. The molecule has 0 unspecified atom stereocenters. The molecule has 0 aliphatic rings. The highest BCUT2D eigenvalue weighted by molar-refractivity contribution is 5.22. The SMILES string of the molecule is N[C@H](c1cccc(F)c1F)C(F)F. The average molecular weight is 193 g/mol. The summed E-state index contributed by atoms with van der Waals surface area (Å²) in [5, 5.41) is 0. The lowest BCUT2D eigenvalue weighted by molar-refractivity contribution is 0.114. The first-order chi connectivity index (χ1) is 6.04. The summed E-state index contributed by atoms with van der Waals surface area (Å²) in [6, 6.07) is 1.23. The van der Waals surface area contributed by atoms with E-state index in [1.165, 1.54) is 0 Å². The van der Waals surface area contributed by atoms with Gasteiger partial charge < -0.3 is 5.73 Å². The van der Waals surface area contributed by atoms with Crippen molar-refractivity contribution >= 4 is 0 Å². The number of nitrogens with two attached hydrogens (primary N) is 1. The molecule has 13 heavy (non-hydrogen) atoms. The molecule has 72 valence electrons. The molecule has 1 atom stereocenters. The van der Waals surface area contributed by atoms with Crippen molar-refractivity contribution in [3.05, 3.63) is 35.4 Å². The second kappa shape index (κ2) is 3.74.